The van der Waals surface area contributed by atoms with Crippen LogP contribution in [0.4, 0.5) is 4.39 Å². The smallest absolute Gasteiger partial charge is 0.309 e. The minimum atomic E-state index is -3.91. The van der Waals surface area contributed by atoms with E-state index in [2.05, 4.69) is 10.6 Å². The van der Waals surface area contributed by atoms with E-state index in [-0.39, 0.29) is 18.0 Å². The fraction of sp³-hybridized carbons (Fsp3) is 0.429. The van der Waals surface area contributed by atoms with Crippen LogP contribution in [-0.4, -0.2) is 57.5 Å². The summed E-state index contributed by atoms with van der Waals surface area (Å²) in [7, 11) is -2.60. The molecule has 0 bridgehead atoms. The van der Waals surface area contributed by atoms with Crippen LogP contribution in [0.5, 0.6) is 0 Å². The van der Waals surface area contributed by atoms with Crippen molar-refractivity contribution in [1.82, 2.24) is 14.9 Å². The minimum absolute atomic E-state index is 0.0722. The summed E-state index contributed by atoms with van der Waals surface area (Å²) in [6.07, 6.45) is -0.456. The summed E-state index contributed by atoms with van der Waals surface area (Å²) in [5.41, 5.74) is 0. The molecule has 24 heavy (non-hydrogen) atoms. The van der Waals surface area contributed by atoms with E-state index < -0.39 is 33.9 Å². The third-order valence-corrected chi connectivity index (χ3v) is 5.35. The van der Waals surface area contributed by atoms with Gasteiger partial charge in [-0.05, 0) is 30.7 Å². The molecule has 1 aromatic carbocycles. The molecule has 2 N–H and O–H groups in total. The maximum absolute atomic E-state index is 13.0. The number of amides is 2. The summed E-state index contributed by atoms with van der Waals surface area (Å²) in [5, 5.41) is 4.49. The van der Waals surface area contributed by atoms with Crippen molar-refractivity contribution in [2.45, 2.75) is 17.5 Å². The number of benzene rings is 1. The van der Waals surface area contributed by atoms with Crippen molar-refractivity contribution in [3.63, 3.8) is 0 Å². The first-order valence-electron chi connectivity index (χ1n) is 7.25. The molecule has 2 rings (SSSR count). The Balaban J connectivity index is 2.14. The van der Waals surface area contributed by atoms with Gasteiger partial charge < -0.3 is 15.4 Å². The summed E-state index contributed by atoms with van der Waals surface area (Å²) in [5.74, 6) is -2.26. The topological polar surface area (TPSA) is 105 Å². The van der Waals surface area contributed by atoms with E-state index in [0.29, 0.717) is 13.0 Å². The normalized spacial score (nSPS) is 18.8. The number of nitrogens with one attached hydrogen (secondary N) is 2. The Morgan fingerprint density at radius 3 is 2.58 bits per heavy atom. The van der Waals surface area contributed by atoms with E-state index in [0.717, 1.165) is 16.4 Å². The third-order valence-electron chi connectivity index (χ3n) is 3.45. The van der Waals surface area contributed by atoms with Gasteiger partial charge in [0.15, 0.2) is 0 Å². The lowest BCUT2D eigenvalue weighted by Gasteiger charge is -2.34. The lowest BCUT2D eigenvalue weighted by Crippen LogP contribution is -2.52. The van der Waals surface area contributed by atoms with Crippen molar-refractivity contribution in [2.75, 3.05) is 26.7 Å². The molecule has 132 valence electrons. The number of ether oxygens (including phenoxy) is 1. The average molecular weight is 359 g/mol. The van der Waals surface area contributed by atoms with Gasteiger partial charge in [0.2, 0.25) is 10.0 Å². The fourth-order valence-corrected chi connectivity index (χ4v) is 3.78. The summed E-state index contributed by atoms with van der Waals surface area (Å²) >= 11 is 0. The number of hydrogen-bond donors (Lipinski definition) is 2. The molecule has 1 aliphatic rings. The second-order valence-electron chi connectivity index (χ2n) is 5.04. The Morgan fingerprint density at radius 2 is 1.96 bits per heavy atom. The van der Waals surface area contributed by atoms with Gasteiger partial charge in [-0.15, -0.1) is 0 Å². The van der Waals surface area contributed by atoms with Crippen LogP contribution in [0.25, 0.3) is 0 Å². The molecule has 0 aliphatic carbocycles. The molecule has 0 radical (unpaired) electrons. The zero-order valence-corrected chi connectivity index (χ0v) is 13.8. The molecule has 0 spiro atoms. The molecule has 1 atom stereocenters. The van der Waals surface area contributed by atoms with Gasteiger partial charge >= 0.3 is 11.8 Å². The van der Waals surface area contributed by atoms with Gasteiger partial charge in [-0.3, -0.25) is 9.59 Å². The SMILES string of the molecule is CNC(=O)C(=O)NCC1OCCCN1S(=O)(=O)c1ccc(F)cc1. The van der Waals surface area contributed by atoms with Crippen LogP contribution in [0.15, 0.2) is 29.2 Å². The molecule has 1 saturated heterocycles. The summed E-state index contributed by atoms with van der Waals surface area (Å²) in [6, 6.07) is 4.44. The second-order valence-corrected chi connectivity index (χ2v) is 6.93. The van der Waals surface area contributed by atoms with E-state index in [4.69, 9.17) is 4.74 Å². The Bertz CT molecular complexity index is 708. The molecule has 1 aromatic rings. The maximum atomic E-state index is 13.0. The van der Waals surface area contributed by atoms with E-state index >= 15 is 0 Å². The molecule has 2 amide bonds. The van der Waals surface area contributed by atoms with Gasteiger partial charge in [-0.25, -0.2) is 12.8 Å². The highest BCUT2D eigenvalue weighted by Crippen LogP contribution is 2.22. The average Bonchev–Trinajstić information content (AvgIpc) is 2.59. The van der Waals surface area contributed by atoms with Crippen molar-refractivity contribution >= 4 is 21.8 Å². The van der Waals surface area contributed by atoms with Crippen LogP contribution in [0.2, 0.25) is 0 Å². The quantitative estimate of drug-likeness (QED) is 0.700. The third kappa shape index (κ3) is 4.08. The predicted octanol–water partition coefficient (Wildman–Crippen LogP) is -0.575. The predicted molar refractivity (Wildman–Crippen MR) is 81.7 cm³/mol. The van der Waals surface area contributed by atoms with Gasteiger partial charge in [0, 0.05) is 13.6 Å². The molecule has 8 nitrogen and oxygen atoms in total. The molecule has 1 heterocycles. The molecule has 0 aromatic heterocycles. The zero-order valence-electron chi connectivity index (χ0n) is 13.0. The maximum Gasteiger partial charge on any atom is 0.309 e. The molecular weight excluding hydrogens is 341 g/mol. The summed E-state index contributed by atoms with van der Waals surface area (Å²) in [6.45, 7) is 0.350. The number of nitrogens with zero attached hydrogens (tertiary/aromatic N) is 1. The molecular formula is C14H18FN3O5S. The fourth-order valence-electron chi connectivity index (χ4n) is 2.22. The van der Waals surface area contributed by atoms with E-state index in [9.17, 15) is 22.4 Å². The van der Waals surface area contributed by atoms with Crippen molar-refractivity contribution in [1.29, 1.82) is 0 Å². The Morgan fingerprint density at radius 1 is 1.29 bits per heavy atom. The summed E-state index contributed by atoms with van der Waals surface area (Å²) < 4.78 is 44.8. The van der Waals surface area contributed by atoms with Gasteiger partial charge in [0.25, 0.3) is 0 Å². The number of carbonyl (C=O) groups excluding carboxylic acids is 2. The van der Waals surface area contributed by atoms with Gasteiger partial charge in [0.05, 0.1) is 18.0 Å². The Labute approximate surface area is 139 Å². The van der Waals surface area contributed by atoms with Crippen molar-refractivity contribution < 1.29 is 27.1 Å². The Kier molecular flexibility index (Phi) is 5.86. The lowest BCUT2D eigenvalue weighted by atomic mass is 10.3. The number of halogens is 1. The molecule has 1 unspecified atom stereocenters. The molecule has 1 aliphatic heterocycles. The van der Waals surface area contributed by atoms with Crippen LogP contribution in [-0.2, 0) is 24.3 Å². The highest BCUT2D eigenvalue weighted by atomic mass is 32.2. The van der Waals surface area contributed by atoms with Crippen molar-refractivity contribution in [2.24, 2.45) is 0 Å². The minimum Gasteiger partial charge on any atom is -0.360 e. The van der Waals surface area contributed by atoms with Crippen LogP contribution in [0, 0.1) is 5.82 Å². The van der Waals surface area contributed by atoms with Gasteiger partial charge in [-0.2, -0.15) is 4.31 Å². The number of hydrogen-bond acceptors (Lipinski definition) is 5. The Hall–Kier alpha value is -2.04. The largest absolute Gasteiger partial charge is 0.360 e. The van der Waals surface area contributed by atoms with Gasteiger partial charge in [-0.1, -0.05) is 0 Å². The zero-order chi connectivity index (χ0) is 17.7. The standard InChI is InChI=1S/C14H18FN3O5S/c1-16-13(19)14(20)17-9-12-18(7-2-8-23-12)24(21,22)11-5-3-10(15)4-6-11/h3-6,12H,2,7-9H2,1H3,(H,16,19)(H,17,20). The highest BCUT2D eigenvalue weighted by Gasteiger charge is 2.34. The van der Waals surface area contributed by atoms with Crippen molar-refractivity contribution in [3.8, 4) is 0 Å². The highest BCUT2D eigenvalue weighted by molar-refractivity contribution is 7.89. The monoisotopic (exact) mass is 359 g/mol. The van der Waals surface area contributed by atoms with Crippen molar-refractivity contribution in [3.05, 3.63) is 30.1 Å². The van der Waals surface area contributed by atoms with Crippen LogP contribution < -0.4 is 10.6 Å². The first-order chi connectivity index (χ1) is 11.4. The van der Waals surface area contributed by atoms with Crippen LogP contribution in [0.3, 0.4) is 0 Å². The van der Waals surface area contributed by atoms with E-state index in [1.54, 1.807) is 0 Å². The van der Waals surface area contributed by atoms with Crippen LogP contribution in [0.1, 0.15) is 6.42 Å². The molecule has 0 saturated carbocycles. The van der Waals surface area contributed by atoms with E-state index in [1.165, 1.54) is 19.2 Å². The second kappa shape index (κ2) is 7.69. The number of rotatable bonds is 4. The molecule has 10 heteroatoms. The first kappa shape index (κ1) is 18.3. The van der Waals surface area contributed by atoms with Gasteiger partial charge in [0.1, 0.15) is 12.0 Å². The first-order valence-corrected chi connectivity index (χ1v) is 8.69. The molecule has 1 fully saturated rings. The number of likely N-dealkylation sites (N-methyl/N-ethyl adjacent to an activating group) is 1. The van der Waals surface area contributed by atoms with E-state index in [1.807, 2.05) is 0 Å². The van der Waals surface area contributed by atoms with Crippen LogP contribution >= 0.6 is 0 Å². The number of sulfonamides is 1. The summed E-state index contributed by atoms with van der Waals surface area (Å²) in [4.78, 5) is 22.6. The lowest BCUT2D eigenvalue weighted by molar-refractivity contribution is -0.139. The number of carbonyl (C=O) groups is 2.